The van der Waals surface area contributed by atoms with Gasteiger partial charge >= 0.3 is 5.97 Å². The van der Waals surface area contributed by atoms with Crippen molar-refractivity contribution in [1.29, 1.82) is 0 Å². The summed E-state index contributed by atoms with van der Waals surface area (Å²) in [6, 6.07) is 18.2. The van der Waals surface area contributed by atoms with Crippen molar-refractivity contribution < 1.29 is 28.7 Å². The predicted octanol–water partition coefficient (Wildman–Crippen LogP) is 4.60. The molecule has 1 aliphatic heterocycles. The number of benzene rings is 3. The number of Topliss-reactive ketones (excluding diaryl/α,β-unsaturated/α-hetero) is 1. The Bertz CT molecular complexity index is 1340. The third-order valence-corrected chi connectivity index (χ3v) is 5.90. The maximum Gasteiger partial charge on any atom is 0.343 e. The molecule has 4 rings (SSSR count). The Labute approximate surface area is 215 Å². The summed E-state index contributed by atoms with van der Waals surface area (Å²) in [5.74, 6) is -2.91. The molecule has 10 heteroatoms. The van der Waals surface area contributed by atoms with Crippen molar-refractivity contribution >= 4 is 52.7 Å². The Kier molecular flexibility index (Phi) is 7.47. The lowest BCUT2D eigenvalue weighted by Gasteiger charge is -2.29. The van der Waals surface area contributed by atoms with Gasteiger partial charge in [-0.2, -0.15) is 5.01 Å². The number of amides is 3. The minimum absolute atomic E-state index is 0.00799. The average Bonchev–Trinajstić information content (AvgIpc) is 3.20. The van der Waals surface area contributed by atoms with Crippen LogP contribution in [0.15, 0.2) is 72.8 Å². The molecule has 0 saturated carbocycles. The second kappa shape index (κ2) is 10.7. The van der Waals surface area contributed by atoms with Crippen molar-refractivity contribution in [2.75, 3.05) is 6.54 Å². The molecular formula is C26H18Cl2N2O6. The smallest absolute Gasteiger partial charge is 0.343 e. The zero-order valence-corrected chi connectivity index (χ0v) is 20.2. The Hall–Kier alpha value is -4.01. The summed E-state index contributed by atoms with van der Waals surface area (Å²) in [6.07, 6.45) is -0.154. The first-order chi connectivity index (χ1) is 17.2. The summed E-state index contributed by atoms with van der Waals surface area (Å²) in [5, 5.41) is 1.77. The van der Waals surface area contributed by atoms with Gasteiger partial charge in [-0.05, 0) is 54.6 Å². The number of carbonyl (C=O) groups excluding carboxylic acids is 5. The highest BCUT2D eigenvalue weighted by molar-refractivity contribution is 6.36. The zero-order valence-electron chi connectivity index (χ0n) is 18.6. The molecule has 182 valence electrons. The van der Waals surface area contributed by atoms with Crippen LogP contribution < -0.4 is 4.74 Å². The first-order valence-electron chi connectivity index (χ1n) is 10.8. The fraction of sp³-hybridized carbons (Fsp3) is 0.115. The molecular weight excluding hydrogens is 507 g/mol. The number of nitrogens with zero attached hydrogens (tertiary/aromatic N) is 2. The van der Waals surface area contributed by atoms with Gasteiger partial charge in [0.25, 0.3) is 5.91 Å². The van der Waals surface area contributed by atoms with Gasteiger partial charge in [-0.1, -0.05) is 41.4 Å². The molecule has 3 aromatic carbocycles. The molecule has 1 heterocycles. The molecule has 0 aromatic heterocycles. The van der Waals surface area contributed by atoms with E-state index in [9.17, 15) is 24.0 Å². The molecule has 0 atom stereocenters. The van der Waals surface area contributed by atoms with Crippen molar-refractivity contribution in [3.05, 3.63) is 99.5 Å². The van der Waals surface area contributed by atoms with Crippen molar-refractivity contribution in [3.63, 3.8) is 0 Å². The van der Waals surface area contributed by atoms with E-state index in [0.29, 0.717) is 15.6 Å². The lowest BCUT2D eigenvalue weighted by Crippen LogP contribution is -2.51. The van der Waals surface area contributed by atoms with E-state index in [1.807, 2.05) is 0 Å². The molecule has 0 unspecified atom stereocenters. The number of hydrogen-bond acceptors (Lipinski definition) is 6. The van der Waals surface area contributed by atoms with Crippen LogP contribution in [0.5, 0.6) is 5.75 Å². The number of ether oxygens (including phenoxy) is 1. The highest BCUT2D eigenvalue weighted by Crippen LogP contribution is 2.25. The number of hydrazine groups is 1. The molecule has 0 bridgehead atoms. The van der Waals surface area contributed by atoms with E-state index < -0.39 is 36.0 Å². The van der Waals surface area contributed by atoms with Crippen LogP contribution in [0.1, 0.15) is 43.9 Å². The molecule has 1 aliphatic rings. The zero-order chi connectivity index (χ0) is 25.8. The Morgan fingerprint density at radius 1 is 0.833 bits per heavy atom. The van der Waals surface area contributed by atoms with Crippen molar-refractivity contribution in [2.45, 2.75) is 12.8 Å². The van der Waals surface area contributed by atoms with Crippen LogP contribution in [0.4, 0.5) is 0 Å². The third-order valence-electron chi connectivity index (χ3n) is 5.35. The summed E-state index contributed by atoms with van der Waals surface area (Å²) in [7, 11) is 0. The number of hydrogen-bond donors (Lipinski definition) is 0. The fourth-order valence-electron chi connectivity index (χ4n) is 3.55. The molecule has 0 aliphatic carbocycles. The van der Waals surface area contributed by atoms with E-state index in [2.05, 4.69) is 0 Å². The molecule has 8 nitrogen and oxygen atoms in total. The van der Waals surface area contributed by atoms with Crippen LogP contribution in [0.25, 0.3) is 0 Å². The normalized spacial score (nSPS) is 13.0. The molecule has 36 heavy (non-hydrogen) atoms. The largest absolute Gasteiger partial charge is 0.423 e. The van der Waals surface area contributed by atoms with Gasteiger partial charge in [0.15, 0.2) is 5.78 Å². The SMILES string of the molecule is O=C(CN(C(=O)c1ccc(Cl)cc1Cl)N1C(=O)CCC1=O)c1ccc(OC(=O)c2ccccc2)cc1. The highest BCUT2D eigenvalue weighted by Gasteiger charge is 2.38. The van der Waals surface area contributed by atoms with Gasteiger partial charge in [-0.3, -0.25) is 19.2 Å². The summed E-state index contributed by atoms with van der Waals surface area (Å²) >= 11 is 12.1. The molecule has 0 spiro atoms. The number of esters is 1. The lowest BCUT2D eigenvalue weighted by molar-refractivity contribution is -0.152. The lowest BCUT2D eigenvalue weighted by atomic mass is 10.1. The van der Waals surface area contributed by atoms with Gasteiger partial charge in [-0.25, -0.2) is 9.80 Å². The van der Waals surface area contributed by atoms with E-state index in [1.165, 1.54) is 42.5 Å². The monoisotopic (exact) mass is 524 g/mol. The van der Waals surface area contributed by atoms with E-state index in [1.54, 1.807) is 30.3 Å². The first-order valence-corrected chi connectivity index (χ1v) is 11.5. The highest BCUT2D eigenvalue weighted by atomic mass is 35.5. The summed E-state index contributed by atoms with van der Waals surface area (Å²) in [5.41, 5.74) is 0.519. The number of halogens is 2. The third kappa shape index (κ3) is 5.45. The van der Waals surface area contributed by atoms with Gasteiger partial charge in [0.05, 0.1) is 16.1 Å². The molecule has 3 amide bonds. The van der Waals surface area contributed by atoms with Gasteiger partial charge in [0, 0.05) is 23.4 Å². The first kappa shape index (κ1) is 25.1. The van der Waals surface area contributed by atoms with E-state index in [-0.39, 0.29) is 34.7 Å². The van der Waals surface area contributed by atoms with Crippen LogP contribution in [0.2, 0.25) is 10.0 Å². The fourth-order valence-corrected chi connectivity index (χ4v) is 4.04. The molecule has 1 saturated heterocycles. The Morgan fingerprint density at radius 2 is 1.47 bits per heavy atom. The second-order valence-corrected chi connectivity index (χ2v) is 8.63. The second-order valence-electron chi connectivity index (χ2n) is 7.79. The van der Waals surface area contributed by atoms with Gasteiger partial charge in [-0.15, -0.1) is 0 Å². The maximum atomic E-state index is 13.3. The van der Waals surface area contributed by atoms with Gasteiger partial charge in [0.2, 0.25) is 11.8 Å². The number of carbonyl (C=O) groups is 5. The molecule has 0 N–H and O–H groups in total. The van der Waals surface area contributed by atoms with Crippen LogP contribution in [-0.4, -0.2) is 46.0 Å². The summed E-state index contributed by atoms with van der Waals surface area (Å²) in [6.45, 7) is -0.599. The Balaban J connectivity index is 1.54. The van der Waals surface area contributed by atoms with Gasteiger partial charge < -0.3 is 4.74 Å². The summed E-state index contributed by atoms with van der Waals surface area (Å²) < 4.78 is 5.31. The van der Waals surface area contributed by atoms with Gasteiger partial charge in [0.1, 0.15) is 12.3 Å². The summed E-state index contributed by atoms with van der Waals surface area (Å²) in [4.78, 5) is 63.3. The maximum absolute atomic E-state index is 13.3. The number of ketones is 1. The van der Waals surface area contributed by atoms with E-state index in [4.69, 9.17) is 27.9 Å². The molecule has 1 fully saturated rings. The molecule has 3 aromatic rings. The quantitative estimate of drug-likeness (QED) is 0.194. The predicted molar refractivity (Wildman–Crippen MR) is 131 cm³/mol. The number of imide groups is 1. The van der Waals surface area contributed by atoms with Crippen molar-refractivity contribution in [2.24, 2.45) is 0 Å². The van der Waals surface area contributed by atoms with Crippen LogP contribution >= 0.6 is 23.2 Å². The minimum atomic E-state index is -0.804. The Morgan fingerprint density at radius 3 is 2.08 bits per heavy atom. The van der Waals surface area contributed by atoms with Crippen LogP contribution in [-0.2, 0) is 9.59 Å². The standard InChI is InChI=1S/C26H18Cl2N2O6/c27-18-8-11-20(21(28)14-18)25(34)29(30-23(32)12-13-24(30)33)15-22(31)16-6-9-19(10-7-16)36-26(35)17-4-2-1-3-5-17/h1-11,14H,12-13,15H2. The van der Waals surface area contributed by atoms with Crippen LogP contribution in [0, 0.1) is 0 Å². The average molecular weight is 525 g/mol. The van der Waals surface area contributed by atoms with Crippen molar-refractivity contribution in [1.82, 2.24) is 10.0 Å². The van der Waals surface area contributed by atoms with Crippen molar-refractivity contribution in [3.8, 4) is 5.75 Å². The topological polar surface area (TPSA) is 101 Å². The number of rotatable bonds is 7. The van der Waals surface area contributed by atoms with Crippen LogP contribution in [0.3, 0.4) is 0 Å². The van der Waals surface area contributed by atoms with E-state index in [0.717, 1.165) is 5.01 Å². The van der Waals surface area contributed by atoms with E-state index >= 15 is 0 Å². The minimum Gasteiger partial charge on any atom is -0.423 e. The molecule has 0 radical (unpaired) electrons.